The molecule has 108 valence electrons. The summed E-state index contributed by atoms with van der Waals surface area (Å²) in [5.41, 5.74) is 0. The number of benzene rings is 4. The summed E-state index contributed by atoms with van der Waals surface area (Å²) < 4.78 is 11.1. The fourth-order valence-corrected chi connectivity index (χ4v) is 3.15. The van der Waals surface area contributed by atoms with Crippen LogP contribution in [-0.2, 0) is 0 Å². The van der Waals surface area contributed by atoms with E-state index in [0.717, 1.165) is 22.3 Å². The van der Waals surface area contributed by atoms with Gasteiger partial charge in [-0.25, -0.2) is 0 Å². The Morgan fingerprint density at radius 2 is 1.41 bits per heavy atom. The second-order valence-corrected chi connectivity index (χ2v) is 5.38. The number of fused-ring (bicyclic) bond motifs is 4. The van der Waals surface area contributed by atoms with Crippen molar-refractivity contribution in [1.29, 1.82) is 0 Å². The lowest BCUT2D eigenvalue weighted by Gasteiger charge is -2.12. The predicted molar refractivity (Wildman–Crippen MR) is 92.1 cm³/mol. The molecule has 0 fully saturated rings. The van der Waals surface area contributed by atoms with Crippen LogP contribution < -0.4 is 9.47 Å². The van der Waals surface area contributed by atoms with E-state index in [0.29, 0.717) is 0 Å². The minimum Gasteiger partial charge on any atom is -0.497 e. The maximum atomic E-state index is 5.71. The molecule has 0 saturated heterocycles. The van der Waals surface area contributed by atoms with Crippen molar-refractivity contribution in [3.63, 3.8) is 0 Å². The van der Waals surface area contributed by atoms with Gasteiger partial charge in [0.1, 0.15) is 11.5 Å². The van der Waals surface area contributed by atoms with Crippen molar-refractivity contribution in [2.75, 3.05) is 14.2 Å². The van der Waals surface area contributed by atoms with Gasteiger partial charge in [-0.2, -0.15) is 0 Å². The molecule has 0 aliphatic rings. The number of ether oxygens (including phenoxy) is 2. The Labute approximate surface area is 128 Å². The summed E-state index contributed by atoms with van der Waals surface area (Å²) >= 11 is 0. The highest BCUT2D eigenvalue weighted by Crippen LogP contribution is 2.38. The molecule has 0 spiro atoms. The summed E-state index contributed by atoms with van der Waals surface area (Å²) in [4.78, 5) is 0. The third-order valence-corrected chi connectivity index (χ3v) is 4.22. The second-order valence-electron chi connectivity index (χ2n) is 5.38. The molecular weight excluding hydrogens is 272 g/mol. The Morgan fingerprint density at radius 1 is 0.591 bits per heavy atom. The minimum absolute atomic E-state index is 0.868. The van der Waals surface area contributed by atoms with Gasteiger partial charge in [-0.15, -0.1) is 0 Å². The summed E-state index contributed by atoms with van der Waals surface area (Å²) in [6, 6.07) is 21.0. The van der Waals surface area contributed by atoms with Crippen LogP contribution in [0.4, 0.5) is 0 Å². The van der Waals surface area contributed by atoms with E-state index < -0.39 is 0 Å². The zero-order chi connectivity index (χ0) is 15.1. The van der Waals surface area contributed by atoms with Crippen molar-refractivity contribution in [2.24, 2.45) is 0 Å². The van der Waals surface area contributed by atoms with Crippen molar-refractivity contribution in [2.45, 2.75) is 0 Å². The number of hydrogen-bond acceptors (Lipinski definition) is 2. The van der Waals surface area contributed by atoms with E-state index in [2.05, 4.69) is 48.5 Å². The Balaban J connectivity index is 2.23. The Morgan fingerprint density at radius 3 is 2.23 bits per heavy atom. The lowest BCUT2D eigenvalue weighted by Crippen LogP contribution is -1.89. The molecule has 2 nitrogen and oxygen atoms in total. The Kier molecular flexibility index (Phi) is 2.90. The Bertz CT molecular complexity index is 1000. The SMILES string of the molecule is COc1ccc2ccc3c(OC)c4ccccc4cc3c2c1. The van der Waals surface area contributed by atoms with E-state index in [-0.39, 0.29) is 0 Å². The van der Waals surface area contributed by atoms with E-state index in [1.54, 1.807) is 14.2 Å². The fourth-order valence-electron chi connectivity index (χ4n) is 3.15. The summed E-state index contributed by atoms with van der Waals surface area (Å²) in [7, 11) is 3.43. The van der Waals surface area contributed by atoms with Gasteiger partial charge in [-0.05, 0) is 45.8 Å². The van der Waals surface area contributed by atoms with Crippen molar-refractivity contribution < 1.29 is 9.47 Å². The van der Waals surface area contributed by atoms with Crippen LogP contribution in [0.1, 0.15) is 0 Å². The van der Waals surface area contributed by atoms with Crippen LogP contribution in [0.15, 0.2) is 60.7 Å². The molecule has 4 aromatic carbocycles. The topological polar surface area (TPSA) is 18.5 Å². The lowest BCUT2D eigenvalue weighted by molar-refractivity contribution is 0.415. The van der Waals surface area contributed by atoms with Crippen LogP contribution in [0, 0.1) is 0 Å². The van der Waals surface area contributed by atoms with Crippen LogP contribution in [0.5, 0.6) is 11.5 Å². The molecule has 22 heavy (non-hydrogen) atoms. The van der Waals surface area contributed by atoms with Crippen LogP contribution in [0.3, 0.4) is 0 Å². The van der Waals surface area contributed by atoms with E-state index in [1.165, 1.54) is 21.5 Å². The molecule has 4 aromatic rings. The lowest BCUT2D eigenvalue weighted by atomic mass is 9.97. The van der Waals surface area contributed by atoms with Gasteiger partial charge in [0.15, 0.2) is 0 Å². The standard InChI is InChI=1S/C20H16O2/c1-21-15-9-7-13-8-10-17-19(18(13)12-15)11-14-5-3-4-6-16(14)20(17)22-2/h3-12H,1-2H3. The fraction of sp³-hybridized carbons (Fsp3) is 0.100. The van der Waals surface area contributed by atoms with Gasteiger partial charge in [0.05, 0.1) is 14.2 Å². The van der Waals surface area contributed by atoms with Gasteiger partial charge in [-0.3, -0.25) is 0 Å². The molecule has 0 unspecified atom stereocenters. The van der Waals surface area contributed by atoms with Gasteiger partial charge in [-0.1, -0.05) is 36.4 Å². The molecule has 0 aromatic heterocycles. The maximum Gasteiger partial charge on any atom is 0.134 e. The number of hydrogen-bond donors (Lipinski definition) is 0. The highest BCUT2D eigenvalue weighted by Gasteiger charge is 2.10. The molecule has 0 bridgehead atoms. The molecule has 0 amide bonds. The summed E-state index contributed by atoms with van der Waals surface area (Å²) in [6.07, 6.45) is 0. The normalized spacial score (nSPS) is 11.2. The first-order chi connectivity index (χ1) is 10.8. The predicted octanol–water partition coefficient (Wildman–Crippen LogP) is 5.16. The van der Waals surface area contributed by atoms with E-state index in [9.17, 15) is 0 Å². The molecule has 0 atom stereocenters. The molecule has 0 radical (unpaired) electrons. The smallest absolute Gasteiger partial charge is 0.134 e. The monoisotopic (exact) mass is 288 g/mol. The molecule has 0 heterocycles. The van der Waals surface area contributed by atoms with Gasteiger partial charge >= 0.3 is 0 Å². The summed E-state index contributed by atoms with van der Waals surface area (Å²) in [5, 5.41) is 7.02. The van der Waals surface area contributed by atoms with Crippen molar-refractivity contribution in [1.82, 2.24) is 0 Å². The van der Waals surface area contributed by atoms with Crippen LogP contribution in [-0.4, -0.2) is 14.2 Å². The third-order valence-electron chi connectivity index (χ3n) is 4.22. The maximum absolute atomic E-state index is 5.71. The molecule has 2 heteroatoms. The van der Waals surface area contributed by atoms with E-state index in [4.69, 9.17) is 9.47 Å². The summed E-state index contributed by atoms with van der Waals surface area (Å²) in [6.45, 7) is 0. The van der Waals surface area contributed by atoms with E-state index in [1.807, 2.05) is 12.1 Å². The highest BCUT2D eigenvalue weighted by molar-refractivity contribution is 6.16. The zero-order valence-corrected chi connectivity index (χ0v) is 12.6. The Hall–Kier alpha value is -2.74. The molecular formula is C20H16O2. The van der Waals surface area contributed by atoms with Gasteiger partial charge < -0.3 is 9.47 Å². The first-order valence-electron chi connectivity index (χ1n) is 7.28. The average Bonchev–Trinajstić information content (AvgIpc) is 2.59. The van der Waals surface area contributed by atoms with Crippen molar-refractivity contribution >= 4 is 32.3 Å². The number of methoxy groups -OCH3 is 2. The highest BCUT2D eigenvalue weighted by atomic mass is 16.5. The van der Waals surface area contributed by atoms with E-state index >= 15 is 0 Å². The van der Waals surface area contributed by atoms with Gasteiger partial charge in [0, 0.05) is 10.8 Å². The van der Waals surface area contributed by atoms with Crippen molar-refractivity contribution in [3.05, 3.63) is 60.7 Å². The zero-order valence-electron chi connectivity index (χ0n) is 12.6. The minimum atomic E-state index is 0.868. The molecule has 0 aliphatic carbocycles. The van der Waals surface area contributed by atoms with Gasteiger partial charge in [0.2, 0.25) is 0 Å². The largest absolute Gasteiger partial charge is 0.497 e. The van der Waals surface area contributed by atoms with Crippen molar-refractivity contribution in [3.8, 4) is 11.5 Å². The second kappa shape index (κ2) is 4.92. The van der Waals surface area contributed by atoms with Gasteiger partial charge in [0.25, 0.3) is 0 Å². The molecule has 0 aliphatic heterocycles. The molecule has 0 saturated carbocycles. The number of rotatable bonds is 2. The first-order valence-corrected chi connectivity index (χ1v) is 7.28. The molecule has 0 N–H and O–H groups in total. The third kappa shape index (κ3) is 1.81. The quantitative estimate of drug-likeness (QED) is 0.374. The average molecular weight is 288 g/mol. The summed E-state index contributed by atoms with van der Waals surface area (Å²) in [5.74, 6) is 1.80. The van der Waals surface area contributed by atoms with Crippen LogP contribution in [0.25, 0.3) is 32.3 Å². The van der Waals surface area contributed by atoms with Crippen LogP contribution in [0.2, 0.25) is 0 Å². The van der Waals surface area contributed by atoms with Crippen LogP contribution >= 0.6 is 0 Å². The molecule has 4 rings (SSSR count). The first kappa shape index (κ1) is 13.0.